The number of nitrogens with zero attached hydrogens (tertiary/aromatic N) is 1. The van der Waals surface area contributed by atoms with E-state index in [2.05, 4.69) is 54.4 Å². The highest BCUT2D eigenvalue weighted by Crippen LogP contribution is 2.38. The summed E-state index contributed by atoms with van der Waals surface area (Å²) in [6.07, 6.45) is 9.47. The predicted octanol–water partition coefficient (Wildman–Crippen LogP) is 6.50. The van der Waals surface area contributed by atoms with Gasteiger partial charge in [0.2, 0.25) is 0 Å². The van der Waals surface area contributed by atoms with Crippen LogP contribution < -0.4 is 0 Å². The molecule has 1 aromatic heterocycles. The third-order valence-electron chi connectivity index (χ3n) is 4.60. The Morgan fingerprint density at radius 1 is 1.08 bits per heavy atom. The number of fused-ring (bicyclic) bond motifs is 1. The van der Waals surface area contributed by atoms with Gasteiger partial charge >= 0.3 is 0 Å². The van der Waals surface area contributed by atoms with Crippen molar-refractivity contribution in [2.45, 2.75) is 13.3 Å². The van der Waals surface area contributed by atoms with Crippen LogP contribution in [0.3, 0.4) is 0 Å². The highest BCUT2D eigenvalue weighted by molar-refractivity contribution is 7.16. The van der Waals surface area contributed by atoms with Crippen LogP contribution in [0.25, 0.3) is 21.4 Å². The van der Waals surface area contributed by atoms with Gasteiger partial charge in [-0.3, -0.25) is 0 Å². The van der Waals surface area contributed by atoms with Crippen molar-refractivity contribution in [1.29, 1.82) is 0 Å². The number of hydrogen-bond donors (Lipinski definition) is 0. The maximum Gasteiger partial charge on any atom is 0.123 e. The van der Waals surface area contributed by atoms with Crippen LogP contribution in [0.15, 0.2) is 72.3 Å². The van der Waals surface area contributed by atoms with E-state index in [4.69, 9.17) is 0 Å². The van der Waals surface area contributed by atoms with Crippen molar-refractivity contribution in [3.63, 3.8) is 0 Å². The third-order valence-corrected chi connectivity index (χ3v) is 5.39. The molecule has 0 radical (unpaired) electrons. The van der Waals surface area contributed by atoms with Crippen molar-refractivity contribution in [3.05, 3.63) is 89.2 Å². The van der Waals surface area contributed by atoms with Crippen LogP contribution in [0.5, 0.6) is 0 Å². The van der Waals surface area contributed by atoms with Crippen molar-refractivity contribution >= 4 is 32.7 Å². The van der Waals surface area contributed by atoms with E-state index in [1.807, 2.05) is 11.6 Å². The lowest BCUT2D eigenvalue weighted by atomic mass is 9.84. The van der Waals surface area contributed by atoms with Crippen molar-refractivity contribution in [1.82, 2.24) is 4.98 Å². The van der Waals surface area contributed by atoms with Gasteiger partial charge in [-0.25, -0.2) is 9.37 Å². The number of rotatable bonds is 3. The topological polar surface area (TPSA) is 12.9 Å². The molecule has 1 unspecified atom stereocenters. The van der Waals surface area contributed by atoms with Crippen molar-refractivity contribution in [2.75, 3.05) is 0 Å². The fourth-order valence-corrected chi connectivity index (χ4v) is 4.09. The van der Waals surface area contributed by atoms with Gasteiger partial charge in [0.05, 0.1) is 15.7 Å². The molecule has 4 rings (SSSR count). The third kappa shape index (κ3) is 3.08. The molecule has 124 valence electrons. The quantitative estimate of drug-likeness (QED) is 0.527. The smallest absolute Gasteiger partial charge is 0.123 e. The second-order valence-electron chi connectivity index (χ2n) is 6.13. The number of aromatic nitrogens is 1. The van der Waals surface area contributed by atoms with Gasteiger partial charge in [-0.05, 0) is 53.0 Å². The highest BCUT2D eigenvalue weighted by Gasteiger charge is 2.19. The molecule has 0 saturated carbocycles. The Morgan fingerprint density at radius 2 is 2.00 bits per heavy atom. The van der Waals surface area contributed by atoms with Gasteiger partial charge in [0.15, 0.2) is 0 Å². The second-order valence-corrected chi connectivity index (χ2v) is 7.02. The van der Waals surface area contributed by atoms with Gasteiger partial charge in [0, 0.05) is 5.92 Å². The maximum absolute atomic E-state index is 13.9. The molecular formula is C22H18FNS. The number of thiazole rings is 1. The molecule has 2 aromatic carbocycles. The van der Waals surface area contributed by atoms with Gasteiger partial charge in [0.25, 0.3) is 0 Å². The summed E-state index contributed by atoms with van der Waals surface area (Å²) >= 11 is 1.64. The Kier molecular flexibility index (Phi) is 4.33. The fourth-order valence-electron chi connectivity index (χ4n) is 3.38. The van der Waals surface area contributed by atoms with E-state index in [0.717, 1.165) is 28.6 Å². The zero-order valence-electron chi connectivity index (χ0n) is 13.9. The number of halogens is 1. The molecule has 0 amide bonds. The minimum Gasteiger partial charge on any atom is -0.245 e. The molecule has 1 aliphatic carbocycles. The van der Waals surface area contributed by atoms with Gasteiger partial charge in [-0.1, -0.05) is 49.4 Å². The molecule has 3 heteroatoms. The number of allylic oxidation sites excluding steroid dienone is 6. The first-order valence-electron chi connectivity index (χ1n) is 8.45. The average Bonchev–Trinajstić information content (AvgIpc) is 2.99. The van der Waals surface area contributed by atoms with Crippen molar-refractivity contribution in [2.24, 2.45) is 5.92 Å². The average molecular weight is 347 g/mol. The van der Waals surface area contributed by atoms with Crippen LogP contribution in [0.1, 0.15) is 24.5 Å². The highest BCUT2D eigenvalue weighted by atomic mass is 32.1. The molecule has 3 aromatic rings. The lowest BCUT2D eigenvalue weighted by molar-refractivity contribution is 0.627. The van der Waals surface area contributed by atoms with E-state index in [9.17, 15) is 4.39 Å². The Balaban J connectivity index is 1.97. The summed E-state index contributed by atoms with van der Waals surface area (Å²) in [6, 6.07) is 13.3. The van der Waals surface area contributed by atoms with Crippen LogP contribution in [-0.2, 0) is 0 Å². The predicted molar refractivity (Wildman–Crippen MR) is 105 cm³/mol. The minimum absolute atomic E-state index is 0.200. The molecule has 25 heavy (non-hydrogen) atoms. The summed E-state index contributed by atoms with van der Waals surface area (Å²) < 4.78 is 15.1. The van der Waals surface area contributed by atoms with Crippen LogP contribution in [0.2, 0.25) is 0 Å². The van der Waals surface area contributed by atoms with Crippen molar-refractivity contribution in [3.8, 4) is 0 Å². The number of hydrogen-bond acceptors (Lipinski definition) is 2. The van der Waals surface area contributed by atoms with Crippen LogP contribution in [0.4, 0.5) is 4.39 Å². The van der Waals surface area contributed by atoms with E-state index in [1.54, 1.807) is 23.5 Å². The Hall–Kier alpha value is -2.52. The van der Waals surface area contributed by atoms with E-state index in [-0.39, 0.29) is 11.7 Å². The van der Waals surface area contributed by atoms with Gasteiger partial charge in [-0.2, -0.15) is 0 Å². The lowest BCUT2D eigenvalue weighted by Crippen LogP contribution is -2.02. The summed E-state index contributed by atoms with van der Waals surface area (Å²) in [4.78, 5) is 4.37. The normalized spacial score (nSPS) is 17.3. The first-order chi connectivity index (χ1) is 12.3. The maximum atomic E-state index is 13.9. The van der Waals surface area contributed by atoms with Crippen molar-refractivity contribution < 1.29 is 4.39 Å². The molecule has 0 aliphatic heterocycles. The molecule has 0 saturated heterocycles. The first-order valence-corrected chi connectivity index (χ1v) is 9.33. The Labute approximate surface area is 150 Å². The standard InChI is InChI=1S/C22H18FNS/c1-2-15-6-3-4-9-19(22(15)17-7-5-8-18(23)12-17)16-10-11-20-21(13-16)25-14-24-20/h3-15H,2H2,1H3. The Bertz CT molecular complexity index is 1010. The van der Waals surface area contributed by atoms with Gasteiger partial charge in [0.1, 0.15) is 5.82 Å². The van der Waals surface area contributed by atoms with Gasteiger partial charge in [-0.15, -0.1) is 11.3 Å². The molecule has 0 N–H and O–H groups in total. The second kappa shape index (κ2) is 6.77. The van der Waals surface area contributed by atoms with E-state index < -0.39 is 0 Å². The molecule has 1 aliphatic rings. The molecular weight excluding hydrogens is 329 g/mol. The van der Waals surface area contributed by atoms with E-state index in [0.29, 0.717) is 0 Å². The van der Waals surface area contributed by atoms with E-state index in [1.165, 1.54) is 16.3 Å². The molecule has 0 fully saturated rings. The minimum atomic E-state index is -0.200. The summed E-state index contributed by atoms with van der Waals surface area (Å²) in [5.41, 5.74) is 7.31. The van der Waals surface area contributed by atoms with Gasteiger partial charge < -0.3 is 0 Å². The SMILES string of the molecule is CCC1C=CC=CC(c2ccc3ncsc3c2)=C1c1cccc(F)c1. The first kappa shape index (κ1) is 16.0. The molecule has 1 atom stereocenters. The lowest BCUT2D eigenvalue weighted by Gasteiger charge is -2.19. The summed E-state index contributed by atoms with van der Waals surface area (Å²) in [5.74, 6) is 0.0540. The Morgan fingerprint density at radius 3 is 2.84 bits per heavy atom. The monoisotopic (exact) mass is 347 g/mol. The molecule has 0 bridgehead atoms. The number of benzene rings is 2. The van der Waals surface area contributed by atoms with Crippen LogP contribution in [-0.4, -0.2) is 4.98 Å². The van der Waals surface area contributed by atoms with Crippen LogP contribution in [0, 0.1) is 11.7 Å². The molecule has 1 heterocycles. The summed E-state index contributed by atoms with van der Waals surface area (Å²) in [5, 5.41) is 0. The molecule has 0 spiro atoms. The molecule has 1 nitrogen and oxygen atoms in total. The zero-order valence-corrected chi connectivity index (χ0v) is 14.8. The summed E-state index contributed by atoms with van der Waals surface area (Å²) in [6.45, 7) is 2.17. The van der Waals surface area contributed by atoms with E-state index >= 15 is 0 Å². The summed E-state index contributed by atoms with van der Waals surface area (Å²) in [7, 11) is 0. The van der Waals surface area contributed by atoms with Crippen LogP contribution >= 0.6 is 11.3 Å². The largest absolute Gasteiger partial charge is 0.245 e. The zero-order chi connectivity index (χ0) is 17.2. The fraction of sp³-hybridized carbons (Fsp3) is 0.136.